The number of carbonyl (C=O) groups is 1. The fourth-order valence-electron chi connectivity index (χ4n) is 3.52. The van der Waals surface area contributed by atoms with Crippen molar-refractivity contribution in [2.24, 2.45) is 0 Å². The van der Waals surface area contributed by atoms with Gasteiger partial charge in [0, 0.05) is 17.9 Å². The van der Waals surface area contributed by atoms with Gasteiger partial charge in [-0.1, -0.05) is 0 Å². The van der Waals surface area contributed by atoms with Crippen molar-refractivity contribution in [2.75, 3.05) is 25.6 Å². The van der Waals surface area contributed by atoms with Gasteiger partial charge in [-0.25, -0.2) is 4.68 Å². The average Bonchev–Trinajstić information content (AvgIpc) is 3.04. The molecule has 1 atom stereocenters. The Morgan fingerprint density at radius 2 is 2.04 bits per heavy atom. The molecule has 2 aliphatic heterocycles. The SMILES string of the molecule is COc1cc([C@@H]2CC(=O)Nc3c2cnn3C(C)(C)C)cc2c1OCCO2. The van der Waals surface area contributed by atoms with Crippen LogP contribution >= 0.6 is 0 Å². The first kappa shape index (κ1) is 16.8. The van der Waals surface area contributed by atoms with Crippen LogP contribution in [0.25, 0.3) is 0 Å². The van der Waals surface area contributed by atoms with Crippen LogP contribution in [0.5, 0.6) is 17.2 Å². The molecule has 1 aromatic heterocycles. The van der Waals surface area contributed by atoms with Gasteiger partial charge in [0.05, 0.1) is 18.8 Å². The monoisotopic (exact) mass is 357 g/mol. The molecule has 2 aromatic rings. The summed E-state index contributed by atoms with van der Waals surface area (Å²) in [5.74, 6) is 2.51. The maximum absolute atomic E-state index is 12.4. The first-order valence-corrected chi connectivity index (χ1v) is 8.74. The van der Waals surface area contributed by atoms with Crippen molar-refractivity contribution in [3.63, 3.8) is 0 Å². The molecule has 138 valence electrons. The maximum Gasteiger partial charge on any atom is 0.226 e. The van der Waals surface area contributed by atoms with Crippen LogP contribution in [0.15, 0.2) is 18.3 Å². The number of ether oxygens (including phenoxy) is 3. The first-order valence-electron chi connectivity index (χ1n) is 8.74. The highest BCUT2D eigenvalue weighted by atomic mass is 16.6. The van der Waals surface area contributed by atoms with E-state index in [1.807, 2.05) is 23.0 Å². The predicted octanol–water partition coefficient (Wildman–Crippen LogP) is 2.89. The van der Waals surface area contributed by atoms with E-state index in [1.54, 1.807) is 7.11 Å². The third-order valence-electron chi connectivity index (χ3n) is 4.71. The van der Waals surface area contributed by atoms with Crippen molar-refractivity contribution in [1.29, 1.82) is 0 Å². The van der Waals surface area contributed by atoms with Crippen LogP contribution in [0.3, 0.4) is 0 Å². The van der Waals surface area contributed by atoms with E-state index in [4.69, 9.17) is 14.2 Å². The van der Waals surface area contributed by atoms with Gasteiger partial charge in [-0.15, -0.1) is 0 Å². The Balaban J connectivity index is 1.83. The summed E-state index contributed by atoms with van der Waals surface area (Å²) >= 11 is 0. The van der Waals surface area contributed by atoms with Gasteiger partial charge in [-0.05, 0) is 38.5 Å². The number of hydrogen-bond donors (Lipinski definition) is 1. The fraction of sp³-hybridized carbons (Fsp3) is 0.474. The zero-order chi connectivity index (χ0) is 18.5. The lowest BCUT2D eigenvalue weighted by molar-refractivity contribution is -0.116. The number of amides is 1. The molecular weight excluding hydrogens is 334 g/mol. The van der Waals surface area contributed by atoms with Crippen LogP contribution in [0.1, 0.15) is 44.2 Å². The molecule has 26 heavy (non-hydrogen) atoms. The number of nitrogens with zero attached hydrogens (tertiary/aromatic N) is 2. The van der Waals surface area contributed by atoms with Gasteiger partial charge in [0.25, 0.3) is 0 Å². The lowest BCUT2D eigenvalue weighted by atomic mass is 9.87. The molecule has 1 amide bonds. The number of fused-ring (bicyclic) bond motifs is 2. The van der Waals surface area contributed by atoms with Crippen LogP contribution in [0, 0.1) is 0 Å². The molecule has 0 saturated carbocycles. The number of hydrogen-bond acceptors (Lipinski definition) is 5. The summed E-state index contributed by atoms with van der Waals surface area (Å²) in [6.07, 6.45) is 2.19. The third-order valence-corrected chi connectivity index (χ3v) is 4.71. The van der Waals surface area contributed by atoms with Crippen LogP contribution in [-0.2, 0) is 10.3 Å². The van der Waals surface area contributed by atoms with Crippen LogP contribution < -0.4 is 19.5 Å². The number of carbonyl (C=O) groups excluding carboxylic acids is 1. The molecule has 0 bridgehead atoms. The van der Waals surface area contributed by atoms with Crippen molar-refractivity contribution in [1.82, 2.24) is 9.78 Å². The number of aromatic nitrogens is 2. The minimum atomic E-state index is -0.229. The average molecular weight is 357 g/mol. The lowest BCUT2D eigenvalue weighted by Crippen LogP contribution is -2.30. The second-order valence-corrected chi connectivity index (χ2v) is 7.58. The Kier molecular flexibility index (Phi) is 3.82. The van der Waals surface area contributed by atoms with E-state index < -0.39 is 0 Å². The predicted molar refractivity (Wildman–Crippen MR) is 96.3 cm³/mol. The maximum atomic E-state index is 12.4. The molecule has 0 saturated heterocycles. The third kappa shape index (κ3) is 2.67. The van der Waals surface area contributed by atoms with Crippen molar-refractivity contribution >= 4 is 11.7 Å². The summed E-state index contributed by atoms with van der Waals surface area (Å²) in [5.41, 5.74) is 1.72. The highest BCUT2D eigenvalue weighted by Crippen LogP contribution is 2.46. The van der Waals surface area contributed by atoms with Crippen LogP contribution in [0.2, 0.25) is 0 Å². The van der Waals surface area contributed by atoms with Gasteiger partial charge in [-0.2, -0.15) is 5.10 Å². The zero-order valence-corrected chi connectivity index (χ0v) is 15.5. The van der Waals surface area contributed by atoms with Crippen LogP contribution in [-0.4, -0.2) is 36.0 Å². The van der Waals surface area contributed by atoms with Gasteiger partial charge >= 0.3 is 0 Å². The van der Waals surface area contributed by atoms with E-state index >= 15 is 0 Å². The smallest absolute Gasteiger partial charge is 0.226 e. The quantitative estimate of drug-likeness (QED) is 0.894. The summed E-state index contributed by atoms with van der Waals surface area (Å²) in [7, 11) is 1.61. The molecule has 0 aliphatic carbocycles. The molecular formula is C19H23N3O4. The molecule has 2 aliphatic rings. The Bertz CT molecular complexity index is 849. The van der Waals surface area contributed by atoms with Gasteiger partial charge < -0.3 is 19.5 Å². The minimum Gasteiger partial charge on any atom is -0.493 e. The van der Waals surface area contributed by atoms with E-state index in [-0.39, 0.29) is 17.4 Å². The largest absolute Gasteiger partial charge is 0.493 e. The second-order valence-electron chi connectivity index (χ2n) is 7.58. The standard InChI is InChI=1S/C19H23N3O4/c1-19(2,3)22-18-13(10-20-22)12(9-16(23)21-18)11-7-14(24-4)17-15(8-11)25-5-6-26-17/h7-8,10,12H,5-6,9H2,1-4H3,(H,21,23)/t12-/m0/s1. The van der Waals surface area contributed by atoms with Crippen LogP contribution in [0.4, 0.5) is 5.82 Å². The molecule has 0 spiro atoms. The molecule has 0 radical (unpaired) electrons. The molecule has 4 rings (SSSR count). The highest BCUT2D eigenvalue weighted by Gasteiger charge is 2.34. The molecule has 1 N–H and O–H groups in total. The van der Waals surface area contributed by atoms with E-state index in [0.717, 1.165) is 16.9 Å². The van der Waals surface area contributed by atoms with Gasteiger partial charge in [-0.3, -0.25) is 4.79 Å². The van der Waals surface area contributed by atoms with E-state index in [1.165, 1.54) is 0 Å². The number of benzene rings is 1. The Labute approximate surface area is 152 Å². The molecule has 7 heteroatoms. The first-order chi connectivity index (χ1) is 12.4. The topological polar surface area (TPSA) is 74.6 Å². The fourth-order valence-corrected chi connectivity index (χ4v) is 3.52. The van der Waals surface area contributed by atoms with E-state index in [0.29, 0.717) is 36.9 Å². The summed E-state index contributed by atoms with van der Waals surface area (Å²) in [6, 6.07) is 3.87. The highest BCUT2D eigenvalue weighted by molar-refractivity contribution is 5.94. The summed E-state index contributed by atoms with van der Waals surface area (Å²) < 4.78 is 18.8. The molecule has 0 fully saturated rings. The molecule has 7 nitrogen and oxygen atoms in total. The van der Waals surface area contributed by atoms with Crippen molar-refractivity contribution < 1.29 is 19.0 Å². The van der Waals surface area contributed by atoms with E-state index in [9.17, 15) is 4.79 Å². The number of anilines is 1. The molecule has 0 unspecified atom stereocenters. The van der Waals surface area contributed by atoms with E-state index in [2.05, 4.69) is 31.2 Å². The van der Waals surface area contributed by atoms with Gasteiger partial charge in [0.2, 0.25) is 11.7 Å². The van der Waals surface area contributed by atoms with Crippen molar-refractivity contribution in [3.8, 4) is 17.2 Å². The Morgan fingerprint density at radius 3 is 2.77 bits per heavy atom. The Morgan fingerprint density at radius 1 is 1.27 bits per heavy atom. The van der Waals surface area contributed by atoms with Gasteiger partial charge in [0.1, 0.15) is 19.0 Å². The number of methoxy groups -OCH3 is 1. The number of rotatable bonds is 2. The minimum absolute atomic E-state index is 0.0256. The Hall–Kier alpha value is -2.70. The van der Waals surface area contributed by atoms with Crippen molar-refractivity contribution in [3.05, 3.63) is 29.5 Å². The van der Waals surface area contributed by atoms with Crippen molar-refractivity contribution in [2.45, 2.75) is 38.6 Å². The summed E-state index contributed by atoms with van der Waals surface area (Å²) in [5, 5.41) is 7.50. The summed E-state index contributed by atoms with van der Waals surface area (Å²) in [4.78, 5) is 12.4. The van der Waals surface area contributed by atoms with Gasteiger partial charge in [0.15, 0.2) is 11.5 Å². The summed E-state index contributed by atoms with van der Waals surface area (Å²) in [6.45, 7) is 7.17. The molecule has 1 aromatic carbocycles. The zero-order valence-electron chi connectivity index (χ0n) is 15.5. The normalized spacial score (nSPS) is 18.9. The number of nitrogens with one attached hydrogen (secondary N) is 1. The second kappa shape index (κ2) is 5.93. The molecule has 3 heterocycles. The lowest BCUT2D eigenvalue weighted by Gasteiger charge is -2.29.